The van der Waals surface area contributed by atoms with E-state index in [4.69, 9.17) is 10.5 Å². The maximum atomic E-state index is 13.9. The predicted octanol–water partition coefficient (Wildman–Crippen LogP) is 4.26. The van der Waals surface area contributed by atoms with E-state index in [1.807, 2.05) is 71.1 Å². The van der Waals surface area contributed by atoms with Crippen LogP contribution < -0.4 is 10.5 Å². The maximum absolute atomic E-state index is 13.9. The lowest BCUT2D eigenvalue weighted by Crippen LogP contribution is -2.32. The number of aryl methyl sites for hydroxylation is 1. The number of hydrogen-bond acceptors (Lipinski definition) is 6. The molecule has 2 aromatic carbocycles. The zero-order valence-corrected chi connectivity index (χ0v) is 19.9. The molecular weight excluding hydrogens is 440 g/mol. The van der Waals surface area contributed by atoms with Gasteiger partial charge in [-0.3, -0.25) is 4.79 Å². The minimum Gasteiger partial charge on any atom is -0.497 e. The topological polar surface area (TPSA) is 99.2 Å². The normalized spacial score (nSPS) is 15.4. The molecule has 1 aliphatic heterocycles. The van der Waals surface area contributed by atoms with E-state index in [0.29, 0.717) is 18.7 Å². The zero-order chi connectivity index (χ0) is 24.4. The van der Waals surface area contributed by atoms with Gasteiger partial charge in [-0.15, -0.1) is 0 Å². The van der Waals surface area contributed by atoms with Gasteiger partial charge in [0.15, 0.2) is 0 Å². The van der Waals surface area contributed by atoms with Crippen LogP contribution in [0, 0.1) is 6.92 Å². The smallest absolute Gasteiger partial charge is 0.254 e. The Labute approximate surface area is 204 Å². The van der Waals surface area contributed by atoms with E-state index in [1.54, 1.807) is 19.5 Å². The number of aromatic nitrogens is 4. The molecule has 5 rings (SSSR count). The van der Waals surface area contributed by atoms with Crippen molar-refractivity contribution in [3.05, 3.63) is 89.8 Å². The van der Waals surface area contributed by atoms with Crippen molar-refractivity contribution in [2.75, 3.05) is 19.4 Å². The average Bonchev–Trinajstić information content (AvgIpc) is 3.53. The van der Waals surface area contributed by atoms with Gasteiger partial charge in [0, 0.05) is 42.8 Å². The van der Waals surface area contributed by atoms with Crippen LogP contribution in [0.4, 0.5) is 5.95 Å². The number of nitrogens with zero attached hydrogens (tertiary/aromatic N) is 5. The highest BCUT2D eigenvalue weighted by Crippen LogP contribution is 2.38. The number of imidazole rings is 1. The van der Waals surface area contributed by atoms with E-state index in [1.165, 1.54) is 0 Å². The summed E-state index contributed by atoms with van der Waals surface area (Å²) in [5.74, 6) is 1.84. The standard InChI is InChI=1S/C27H28N6O2/c1-18-29-12-14-32(18)17-20-7-3-4-10-22(20)26(34)33-13-6-11-24(33)25-23(16-30-27(28)31-25)19-8-5-9-21(15-19)35-2/h3-5,7-10,12,14-16,24H,6,11,13,17H2,1-2H3,(H2,28,30,31)/t24-/m0/s1. The summed E-state index contributed by atoms with van der Waals surface area (Å²) < 4.78 is 7.45. The Bertz CT molecular complexity index is 1370. The van der Waals surface area contributed by atoms with Gasteiger partial charge in [0.1, 0.15) is 11.6 Å². The van der Waals surface area contributed by atoms with Crippen molar-refractivity contribution < 1.29 is 9.53 Å². The van der Waals surface area contributed by atoms with Crippen LogP contribution in [0.2, 0.25) is 0 Å². The number of carbonyl (C=O) groups excluding carboxylic acids is 1. The molecule has 0 saturated carbocycles. The van der Waals surface area contributed by atoms with Crippen molar-refractivity contribution in [3.63, 3.8) is 0 Å². The van der Waals surface area contributed by atoms with E-state index in [9.17, 15) is 4.79 Å². The molecule has 8 nitrogen and oxygen atoms in total. The van der Waals surface area contributed by atoms with E-state index in [-0.39, 0.29) is 17.9 Å². The molecule has 35 heavy (non-hydrogen) atoms. The lowest BCUT2D eigenvalue weighted by Gasteiger charge is -2.27. The third kappa shape index (κ3) is 4.47. The number of methoxy groups -OCH3 is 1. The molecule has 1 atom stereocenters. The molecule has 0 unspecified atom stereocenters. The highest BCUT2D eigenvalue weighted by atomic mass is 16.5. The second kappa shape index (κ2) is 9.58. The number of rotatable bonds is 6. The molecule has 1 fully saturated rings. The third-order valence-electron chi connectivity index (χ3n) is 6.56. The summed E-state index contributed by atoms with van der Waals surface area (Å²) in [4.78, 5) is 29.0. The Kier molecular flexibility index (Phi) is 6.18. The molecule has 8 heteroatoms. The lowest BCUT2D eigenvalue weighted by molar-refractivity contribution is 0.0732. The summed E-state index contributed by atoms with van der Waals surface area (Å²) in [5, 5.41) is 0. The number of nitrogen functional groups attached to an aromatic ring is 1. The van der Waals surface area contributed by atoms with Gasteiger partial charge in [-0.05, 0) is 49.1 Å². The fourth-order valence-corrected chi connectivity index (χ4v) is 4.75. The maximum Gasteiger partial charge on any atom is 0.254 e. The molecular formula is C27H28N6O2. The lowest BCUT2D eigenvalue weighted by atomic mass is 9.99. The number of benzene rings is 2. The van der Waals surface area contributed by atoms with Gasteiger partial charge in [-0.1, -0.05) is 30.3 Å². The van der Waals surface area contributed by atoms with Crippen molar-refractivity contribution >= 4 is 11.9 Å². The monoisotopic (exact) mass is 468 g/mol. The van der Waals surface area contributed by atoms with E-state index in [0.717, 1.165) is 46.8 Å². The number of ether oxygens (including phenoxy) is 1. The fraction of sp³-hybridized carbons (Fsp3) is 0.259. The summed E-state index contributed by atoms with van der Waals surface area (Å²) in [6.45, 7) is 3.20. The first-order valence-electron chi connectivity index (χ1n) is 11.7. The first-order valence-corrected chi connectivity index (χ1v) is 11.7. The van der Waals surface area contributed by atoms with Crippen molar-refractivity contribution in [2.45, 2.75) is 32.4 Å². The molecule has 4 aromatic rings. The summed E-state index contributed by atoms with van der Waals surface area (Å²) in [5.41, 5.74) is 10.2. The van der Waals surface area contributed by atoms with Gasteiger partial charge in [-0.25, -0.2) is 15.0 Å². The van der Waals surface area contributed by atoms with Crippen LogP contribution in [0.5, 0.6) is 5.75 Å². The highest BCUT2D eigenvalue weighted by molar-refractivity contribution is 5.96. The van der Waals surface area contributed by atoms with Crippen molar-refractivity contribution in [1.82, 2.24) is 24.4 Å². The van der Waals surface area contributed by atoms with Gasteiger partial charge in [0.25, 0.3) is 5.91 Å². The predicted molar refractivity (Wildman–Crippen MR) is 134 cm³/mol. The number of likely N-dealkylation sites (tertiary alicyclic amines) is 1. The average molecular weight is 469 g/mol. The highest BCUT2D eigenvalue weighted by Gasteiger charge is 2.34. The zero-order valence-electron chi connectivity index (χ0n) is 19.9. The van der Waals surface area contributed by atoms with Gasteiger partial charge in [0.05, 0.1) is 18.8 Å². The van der Waals surface area contributed by atoms with Crippen LogP contribution in [0.15, 0.2) is 67.1 Å². The Balaban J connectivity index is 1.51. The number of nitrogens with two attached hydrogens (primary N) is 1. The second-order valence-electron chi connectivity index (χ2n) is 8.68. The number of anilines is 1. The van der Waals surface area contributed by atoms with Gasteiger partial charge in [-0.2, -0.15) is 0 Å². The van der Waals surface area contributed by atoms with Crippen LogP contribution in [0.25, 0.3) is 11.1 Å². The van der Waals surface area contributed by atoms with Crippen LogP contribution in [-0.2, 0) is 6.54 Å². The Morgan fingerprint density at radius 1 is 1.17 bits per heavy atom. The number of carbonyl (C=O) groups is 1. The van der Waals surface area contributed by atoms with Crippen LogP contribution in [-0.4, -0.2) is 44.0 Å². The van der Waals surface area contributed by atoms with Crippen LogP contribution in [0.3, 0.4) is 0 Å². The molecule has 0 bridgehead atoms. The molecule has 2 aromatic heterocycles. The second-order valence-corrected chi connectivity index (χ2v) is 8.68. The van der Waals surface area contributed by atoms with Gasteiger partial charge >= 0.3 is 0 Å². The molecule has 2 N–H and O–H groups in total. The Hall–Kier alpha value is -4.20. The fourth-order valence-electron chi connectivity index (χ4n) is 4.75. The molecule has 1 aliphatic rings. The van der Waals surface area contributed by atoms with E-state index >= 15 is 0 Å². The van der Waals surface area contributed by atoms with Crippen molar-refractivity contribution in [2.24, 2.45) is 0 Å². The minimum atomic E-state index is -0.197. The summed E-state index contributed by atoms with van der Waals surface area (Å²) in [7, 11) is 1.64. The van der Waals surface area contributed by atoms with E-state index < -0.39 is 0 Å². The molecule has 0 radical (unpaired) electrons. The van der Waals surface area contributed by atoms with Crippen molar-refractivity contribution in [3.8, 4) is 16.9 Å². The Morgan fingerprint density at radius 2 is 2.03 bits per heavy atom. The van der Waals surface area contributed by atoms with Gasteiger partial charge < -0.3 is 19.9 Å². The molecule has 3 heterocycles. The molecule has 0 spiro atoms. The first-order chi connectivity index (χ1) is 17.0. The SMILES string of the molecule is COc1cccc(-c2cnc(N)nc2[C@@H]2CCCN2C(=O)c2ccccc2Cn2ccnc2C)c1. The largest absolute Gasteiger partial charge is 0.497 e. The van der Waals surface area contributed by atoms with Crippen molar-refractivity contribution in [1.29, 1.82) is 0 Å². The number of hydrogen-bond donors (Lipinski definition) is 1. The van der Waals surface area contributed by atoms with E-state index in [2.05, 4.69) is 15.0 Å². The summed E-state index contributed by atoms with van der Waals surface area (Å²) >= 11 is 0. The molecule has 1 saturated heterocycles. The quantitative estimate of drug-likeness (QED) is 0.454. The number of amides is 1. The van der Waals surface area contributed by atoms with Gasteiger partial charge in [0.2, 0.25) is 5.95 Å². The Morgan fingerprint density at radius 3 is 2.83 bits per heavy atom. The first kappa shape index (κ1) is 22.6. The summed E-state index contributed by atoms with van der Waals surface area (Å²) in [6.07, 6.45) is 7.14. The molecule has 0 aliphatic carbocycles. The molecule has 178 valence electrons. The minimum absolute atomic E-state index is 0.00496. The summed E-state index contributed by atoms with van der Waals surface area (Å²) in [6, 6.07) is 15.3. The van der Waals surface area contributed by atoms with Crippen LogP contribution in [0.1, 0.15) is 46.3 Å². The van der Waals surface area contributed by atoms with Crippen LogP contribution >= 0.6 is 0 Å². The molecule has 1 amide bonds. The third-order valence-corrected chi connectivity index (χ3v) is 6.56.